The molecule has 1 aromatic carbocycles. The largest absolute Gasteiger partial charge is 0.351 e. The summed E-state index contributed by atoms with van der Waals surface area (Å²) in [5.74, 6) is -0.292. The Kier molecular flexibility index (Phi) is 5.09. The van der Waals surface area contributed by atoms with Crippen molar-refractivity contribution in [3.8, 4) is 0 Å². The second-order valence-corrected chi connectivity index (χ2v) is 6.38. The zero-order valence-corrected chi connectivity index (χ0v) is 11.3. The van der Waals surface area contributed by atoms with E-state index < -0.39 is 9.84 Å². The van der Waals surface area contributed by atoms with Crippen molar-refractivity contribution >= 4 is 21.8 Å². The Morgan fingerprint density at radius 2 is 1.89 bits per heavy atom. The van der Waals surface area contributed by atoms with Crippen LogP contribution in [-0.2, 0) is 14.6 Å². The lowest BCUT2D eigenvalue weighted by Crippen LogP contribution is -2.29. The lowest BCUT2D eigenvalue weighted by Gasteiger charge is -2.04. The number of amides is 1. The van der Waals surface area contributed by atoms with Crippen LogP contribution in [0.2, 0.25) is 0 Å². The summed E-state index contributed by atoms with van der Waals surface area (Å²) in [4.78, 5) is 11.7. The van der Waals surface area contributed by atoms with Gasteiger partial charge in [0.05, 0.1) is 5.75 Å². The van der Waals surface area contributed by atoms with Gasteiger partial charge in [-0.2, -0.15) is 0 Å². The molecular weight excluding hydrogens is 250 g/mol. The molecule has 0 aliphatic rings. The van der Waals surface area contributed by atoms with Crippen molar-refractivity contribution in [2.45, 2.75) is 6.92 Å². The molecule has 0 aromatic heterocycles. The maximum Gasteiger partial charge on any atom is 0.246 e. The van der Waals surface area contributed by atoms with Crippen molar-refractivity contribution in [2.24, 2.45) is 0 Å². The fourth-order valence-corrected chi connectivity index (χ4v) is 1.83. The monoisotopic (exact) mass is 267 g/mol. The van der Waals surface area contributed by atoms with Gasteiger partial charge >= 0.3 is 0 Å². The predicted octanol–water partition coefficient (Wildman–Crippen LogP) is 1.25. The highest BCUT2D eigenvalue weighted by molar-refractivity contribution is 7.90. The molecule has 0 spiro atoms. The second-order valence-electron chi connectivity index (χ2n) is 4.12. The van der Waals surface area contributed by atoms with Crippen LogP contribution in [0.3, 0.4) is 0 Å². The van der Waals surface area contributed by atoms with Gasteiger partial charge in [-0.25, -0.2) is 8.42 Å². The average Bonchev–Trinajstić information content (AvgIpc) is 2.28. The molecule has 0 bridgehead atoms. The number of nitrogens with one attached hydrogen (secondary N) is 1. The SMILES string of the molecule is C/C(=C\c1ccccc1)C(=O)NCCS(C)(=O)=O. The van der Waals surface area contributed by atoms with E-state index in [0.717, 1.165) is 11.8 Å². The lowest BCUT2D eigenvalue weighted by molar-refractivity contribution is -0.117. The Morgan fingerprint density at radius 3 is 2.44 bits per heavy atom. The zero-order valence-electron chi connectivity index (χ0n) is 10.5. The van der Waals surface area contributed by atoms with Gasteiger partial charge in [0, 0.05) is 18.4 Å². The Morgan fingerprint density at radius 1 is 1.28 bits per heavy atom. The second kappa shape index (κ2) is 6.35. The molecule has 0 atom stereocenters. The minimum atomic E-state index is -3.04. The van der Waals surface area contributed by atoms with Crippen molar-refractivity contribution < 1.29 is 13.2 Å². The first-order valence-electron chi connectivity index (χ1n) is 5.58. The van der Waals surface area contributed by atoms with E-state index in [9.17, 15) is 13.2 Å². The maximum atomic E-state index is 11.7. The Labute approximate surface area is 108 Å². The molecule has 1 amide bonds. The van der Waals surface area contributed by atoms with Crippen molar-refractivity contribution in [1.29, 1.82) is 0 Å². The zero-order chi connectivity index (χ0) is 13.6. The average molecular weight is 267 g/mol. The molecule has 0 saturated heterocycles. The molecule has 0 unspecified atom stereocenters. The van der Waals surface area contributed by atoms with Gasteiger partial charge < -0.3 is 5.32 Å². The first-order valence-corrected chi connectivity index (χ1v) is 7.64. The minimum absolute atomic E-state index is 0.0443. The highest BCUT2D eigenvalue weighted by Crippen LogP contribution is 2.05. The summed E-state index contributed by atoms with van der Waals surface area (Å²) in [6.07, 6.45) is 2.90. The van der Waals surface area contributed by atoms with Gasteiger partial charge in [-0.15, -0.1) is 0 Å². The van der Waals surface area contributed by atoms with Crippen LogP contribution >= 0.6 is 0 Å². The van der Waals surface area contributed by atoms with Crippen LogP contribution in [-0.4, -0.2) is 32.9 Å². The van der Waals surface area contributed by atoms with Gasteiger partial charge in [-0.1, -0.05) is 30.3 Å². The molecule has 0 heterocycles. The van der Waals surface area contributed by atoms with Gasteiger partial charge in [0.1, 0.15) is 9.84 Å². The van der Waals surface area contributed by atoms with Crippen molar-refractivity contribution in [2.75, 3.05) is 18.6 Å². The van der Waals surface area contributed by atoms with E-state index in [1.807, 2.05) is 30.3 Å². The van der Waals surface area contributed by atoms with E-state index in [-0.39, 0.29) is 18.2 Å². The number of hydrogen-bond acceptors (Lipinski definition) is 3. The third-order valence-electron chi connectivity index (χ3n) is 2.30. The summed E-state index contributed by atoms with van der Waals surface area (Å²) in [5.41, 5.74) is 1.49. The maximum absolute atomic E-state index is 11.7. The molecule has 0 radical (unpaired) electrons. The van der Waals surface area contributed by atoms with Crippen LogP contribution < -0.4 is 5.32 Å². The van der Waals surface area contributed by atoms with Gasteiger partial charge in [-0.3, -0.25) is 4.79 Å². The summed E-state index contributed by atoms with van der Waals surface area (Å²) in [6, 6.07) is 9.47. The highest BCUT2D eigenvalue weighted by atomic mass is 32.2. The standard InChI is InChI=1S/C13H17NO3S/c1-11(10-12-6-4-3-5-7-12)13(15)14-8-9-18(2,16)17/h3-7,10H,8-9H2,1-2H3,(H,14,15)/b11-10+. The van der Waals surface area contributed by atoms with E-state index in [1.54, 1.807) is 13.0 Å². The fourth-order valence-electron chi connectivity index (χ4n) is 1.35. The quantitative estimate of drug-likeness (QED) is 0.817. The normalized spacial score (nSPS) is 12.2. The number of carbonyl (C=O) groups excluding carboxylic acids is 1. The van der Waals surface area contributed by atoms with Gasteiger partial charge in [-0.05, 0) is 18.6 Å². The molecule has 98 valence electrons. The molecule has 0 aliphatic carbocycles. The van der Waals surface area contributed by atoms with Crippen LogP contribution in [0.25, 0.3) is 6.08 Å². The minimum Gasteiger partial charge on any atom is -0.351 e. The van der Waals surface area contributed by atoms with Crippen LogP contribution in [0.1, 0.15) is 12.5 Å². The van der Waals surface area contributed by atoms with E-state index in [4.69, 9.17) is 0 Å². The van der Waals surface area contributed by atoms with E-state index >= 15 is 0 Å². The van der Waals surface area contributed by atoms with Gasteiger partial charge in [0.25, 0.3) is 0 Å². The fraction of sp³-hybridized carbons (Fsp3) is 0.308. The van der Waals surface area contributed by atoms with Crippen molar-refractivity contribution in [3.05, 3.63) is 41.5 Å². The number of carbonyl (C=O) groups is 1. The molecule has 0 aliphatic heterocycles. The molecule has 18 heavy (non-hydrogen) atoms. The highest BCUT2D eigenvalue weighted by Gasteiger charge is 2.06. The topological polar surface area (TPSA) is 63.2 Å². The Balaban J connectivity index is 2.54. The summed E-state index contributed by atoms with van der Waals surface area (Å²) in [7, 11) is -3.04. The smallest absolute Gasteiger partial charge is 0.246 e. The number of hydrogen-bond donors (Lipinski definition) is 1. The lowest BCUT2D eigenvalue weighted by atomic mass is 10.1. The summed E-state index contributed by atoms with van der Waals surface area (Å²) in [5, 5.41) is 2.57. The first-order chi connectivity index (χ1) is 8.38. The van der Waals surface area contributed by atoms with Crippen LogP contribution in [0, 0.1) is 0 Å². The van der Waals surface area contributed by atoms with Crippen LogP contribution in [0.15, 0.2) is 35.9 Å². The summed E-state index contributed by atoms with van der Waals surface area (Å²) >= 11 is 0. The van der Waals surface area contributed by atoms with Crippen molar-refractivity contribution in [3.63, 3.8) is 0 Å². The molecule has 5 heteroatoms. The van der Waals surface area contributed by atoms with E-state index in [1.165, 1.54) is 0 Å². The van der Waals surface area contributed by atoms with Crippen molar-refractivity contribution in [1.82, 2.24) is 5.32 Å². The number of rotatable bonds is 5. The molecule has 0 saturated carbocycles. The third kappa shape index (κ3) is 5.63. The van der Waals surface area contributed by atoms with Gasteiger partial charge in [0.2, 0.25) is 5.91 Å². The molecule has 0 fully saturated rings. The number of benzene rings is 1. The third-order valence-corrected chi connectivity index (χ3v) is 3.25. The molecular formula is C13H17NO3S. The van der Waals surface area contributed by atoms with Crippen LogP contribution in [0.4, 0.5) is 0 Å². The predicted molar refractivity (Wildman–Crippen MR) is 72.8 cm³/mol. The Bertz CT molecular complexity index is 533. The first kappa shape index (κ1) is 14.4. The molecule has 1 rings (SSSR count). The summed E-state index contributed by atoms with van der Waals surface area (Å²) < 4.78 is 21.8. The van der Waals surface area contributed by atoms with Crippen LogP contribution in [0.5, 0.6) is 0 Å². The molecule has 4 nitrogen and oxygen atoms in total. The van der Waals surface area contributed by atoms with E-state index in [0.29, 0.717) is 5.57 Å². The Hall–Kier alpha value is -1.62. The summed E-state index contributed by atoms with van der Waals surface area (Å²) in [6.45, 7) is 1.83. The van der Waals surface area contributed by atoms with Gasteiger partial charge in [0.15, 0.2) is 0 Å². The van der Waals surface area contributed by atoms with E-state index in [2.05, 4.69) is 5.32 Å². The molecule has 1 aromatic rings. The number of sulfone groups is 1. The molecule has 1 N–H and O–H groups in total.